The number of ether oxygens (including phenoxy) is 3. The zero-order valence-electron chi connectivity index (χ0n) is 15.8. The van der Waals surface area contributed by atoms with Crippen LogP contribution in [0.1, 0.15) is 30.6 Å². The van der Waals surface area contributed by atoms with Gasteiger partial charge in [-0.15, -0.1) is 0 Å². The number of fused-ring (bicyclic) bond motifs is 1. The Kier molecular flexibility index (Phi) is 6.51. The molecule has 1 aromatic heterocycles. The highest BCUT2D eigenvalue weighted by Gasteiger charge is 2.19. The van der Waals surface area contributed by atoms with Crippen LogP contribution in [0.25, 0.3) is 10.9 Å². The predicted octanol–water partition coefficient (Wildman–Crippen LogP) is 2.69. The van der Waals surface area contributed by atoms with Gasteiger partial charge in [-0.05, 0) is 30.5 Å². The maximum atomic E-state index is 13.0. The summed E-state index contributed by atoms with van der Waals surface area (Å²) in [5.74, 6) is 0.542. The molecule has 1 aromatic carbocycles. The van der Waals surface area contributed by atoms with Crippen LogP contribution >= 0.6 is 11.8 Å². The summed E-state index contributed by atoms with van der Waals surface area (Å²) >= 11 is 1.50. The van der Waals surface area contributed by atoms with Gasteiger partial charge in [-0.2, -0.15) is 0 Å². The third-order valence-electron chi connectivity index (χ3n) is 4.26. The molecule has 0 bridgehead atoms. The van der Waals surface area contributed by atoms with Crippen molar-refractivity contribution in [3.05, 3.63) is 34.1 Å². The van der Waals surface area contributed by atoms with Crippen LogP contribution in [0.15, 0.2) is 28.2 Å². The van der Waals surface area contributed by atoms with Crippen LogP contribution < -0.4 is 5.56 Å². The highest BCUT2D eigenvalue weighted by Crippen LogP contribution is 2.23. The van der Waals surface area contributed by atoms with Crippen LogP contribution in [0.2, 0.25) is 0 Å². The second-order valence-corrected chi connectivity index (χ2v) is 7.83. The fourth-order valence-electron chi connectivity index (χ4n) is 2.88. The zero-order chi connectivity index (χ0) is 19.4. The Morgan fingerprint density at radius 2 is 2.26 bits per heavy atom. The van der Waals surface area contributed by atoms with Crippen LogP contribution in [0.3, 0.4) is 0 Å². The van der Waals surface area contributed by atoms with Crippen LogP contribution in [-0.2, 0) is 20.8 Å². The number of thioether (sulfide) groups is 1. The molecule has 0 N–H and O–H groups in total. The van der Waals surface area contributed by atoms with E-state index in [2.05, 4.69) is 18.8 Å². The lowest BCUT2D eigenvalue weighted by atomic mass is 10.1. The Morgan fingerprint density at radius 1 is 1.44 bits per heavy atom. The van der Waals surface area contributed by atoms with E-state index in [1.54, 1.807) is 22.8 Å². The topological polar surface area (TPSA) is 79.7 Å². The number of hydrogen-bond donors (Lipinski definition) is 0. The van der Waals surface area contributed by atoms with E-state index in [1.807, 2.05) is 0 Å². The summed E-state index contributed by atoms with van der Waals surface area (Å²) in [5, 5.41) is 1.13. The lowest BCUT2D eigenvalue weighted by molar-refractivity contribution is -0.130. The molecule has 0 aliphatic carbocycles. The minimum atomic E-state index is -0.449. The summed E-state index contributed by atoms with van der Waals surface area (Å²) in [6.07, 6.45) is 0.895. The molecule has 1 fully saturated rings. The fourth-order valence-corrected chi connectivity index (χ4v) is 3.96. The predicted molar refractivity (Wildman–Crippen MR) is 103 cm³/mol. The largest absolute Gasteiger partial charge is 0.465 e. The maximum absolute atomic E-state index is 13.0. The number of methoxy groups -OCH3 is 1. The summed E-state index contributed by atoms with van der Waals surface area (Å²) < 4.78 is 17.3. The molecule has 1 aliphatic heterocycles. The van der Waals surface area contributed by atoms with Crippen LogP contribution in [0.4, 0.5) is 0 Å². The first kappa shape index (κ1) is 19.9. The number of hydrogen-bond acceptors (Lipinski definition) is 7. The van der Waals surface area contributed by atoms with Crippen molar-refractivity contribution in [1.82, 2.24) is 9.55 Å². The zero-order valence-corrected chi connectivity index (χ0v) is 16.6. The van der Waals surface area contributed by atoms with Crippen molar-refractivity contribution in [3.63, 3.8) is 0 Å². The Balaban J connectivity index is 1.98. The van der Waals surface area contributed by atoms with E-state index in [0.717, 1.165) is 6.42 Å². The maximum Gasteiger partial charge on any atom is 0.337 e. The van der Waals surface area contributed by atoms with E-state index in [-0.39, 0.29) is 11.7 Å². The van der Waals surface area contributed by atoms with Gasteiger partial charge < -0.3 is 14.2 Å². The normalized spacial score (nSPS) is 17.4. The summed E-state index contributed by atoms with van der Waals surface area (Å²) in [5.41, 5.74) is 0.779. The molecule has 0 unspecified atom stereocenters. The second-order valence-electron chi connectivity index (χ2n) is 6.84. The number of aromatic nitrogens is 2. The van der Waals surface area contributed by atoms with Gasteiger partial charge in [0.2, 0.25) is 0 Å². The van der Waals surface area contributed by atoms with Gasteiger partial charge in [0.05, 0.1) is 36.3 Å². The molecular formula is C19H24N2O5S. The Morgan fingerprint density at radius 3 is 2.93 bits per heavy atom. The Bertz CT molecular complexity index is 874. The molecule has 1 saturated heterocycles. The van der Waals surface area contributed by atoms with Crippen molar-refractivity contribution < 1.29 is 19.0 Å². The van der Waals surface area contributed by atoms with Crippen molar-refractivity contribution in [2.75, 3.05) is 26.3 Å². The highest BCUT2D eigenvalue weighted by molar-refractivity contribution is 7.99. The van der Waals surface area contributed by atoms with Gasteiger partial charge in [-0.25, -0.2) is 9.78 Å². The molecular weight excluding hydrogens is 368 g/mol. The van der Waals surface area contributed by atoms with Gasteiger partial charge in [0.1, 0.15) is 6.79 Å². The van der Waals surface area contributed by atoms with E-state index in [1.165, 1.54) is 18.9 Å². The molecule has 3 rings (SSSR count). The number of nitrogens with zero attached hydrogens (tertiary/aromatic N) is 2. The van der Waals surface area contributed by atoms with Crippen LogP contribution in [-0.4, -0.2) is 47.9 Å². The molecule has 146 valence electrons. The van der Waals surface area contributed by atoms with E-state index in [4.69, 9.17) is 14.2 Å². The minimum absolute atomic E-state index is 0.0743. The van der Waals surface area contributed by atoms with E-state index < -0.39 is 5.97 Å². The van der Waals surface area contributed by atoms with Crippen molar-refractivity contribution in [2.45, 2.75) is 38.1 Å². The first-order valence-corrected chi connectivity index (χ1v) is 9.93. The number of esters is 1. The van der Waals surface area contributed by atoms with Crippen molar-refractivity contribution in [1.29, 1.82) is 0 Å². The molecule has 27 heavy (non-hydrogen) atoms. The molecule has 8 heteroatoms. The molecule has 0 spiro atoms. The number of carbonyl (C=O) groups is 1. The third kappa shape index (κ3) is 4.69. The standard InChI is InChI=1S/C19H24N2O5S/c1-12(2)9-21-17(22)15-5-4-13(18(23)24-3)8-16(15)20-19(21)27-10-14-6-7-25-11-26-14/h4-5,8,12,14H,6-7,9-11H2,1-3H3/t14-/m0/s1. The van der Waals surface area contributed by atoms with E-state index in [0.29, 0.717) is 53.2 Å². The molecule has 2 heterocycles. The second kappa shape index (κ2) is 8.86. The van der Waals surface area contributed by atoms with E-state index >= 15 is 0 Å². The summed E-state index contributed by atoms with van der Waals surface area (Å²) in [6.45, 7) is 5.69. The Hall–Kier alpha value is -1.90. The average molecular weight is 392 g/mol. The number of benzene rings is 1. The highest BCUT2D eigenvalue weighted by atomic mass is 32.2. The number of rotatable bonds is 6. The molecule has 2 aromatic rings. The van der Waals surface area contributed by atoms with Crippen LogP contribution in [0, 0.1) is 5.92 Å². The van der Waals surface area contributed by atoms with Gasteiger partial charge in [0.25, 0.3) is 5.56 Å². The van der Waals surface area contributed by atoms with Gasteiger partial charge in [-0.1, -0.05) is 25.6 Å². The SMILES string of the molecule is COC(=O)c1ccc2c(=O)n(CC(C)C)c(SC[C@@H]3CCOCO3)nc2c1. The summed E-state index contributed by atoms with van der Waals surface area (Å²) in [4.78, 5) is 29.5. The van der Waals surface area contributed by atoms with Crippen molar-refractivity contribution in [3.8, 4) is 0 Å². The Labute approximate surface area is 162 Å². The van der Waals surface area contributed by atoms with Gasteiger partial charge in [-0.3, -0.25) is 9.36 Å². The molecule has 0 amide bonds. The van der Waals surface area contributed by atoms with Crippen LogP contribution in [0.5, 0.6) is 0 Å². The molecule has 1 atom stereocenters. The monoisotopic (exact) mass is 392 g/mol. The quantitative estimate of drug-likeness (QED) is 0.425. The van der Waals surface area contributed by atoms with Gasteiger partial charge in [0, 0.05) is 12.3 Å². The summed E-state index contributed by atoms with van der Waals surface area (Å²) in [6, 6.07) is 4.85. The lowest BCUT2D eigenvalue weighted by Crippen LogP contribution is -2.28. The first-order chi connectivity index (χ1) is 13.0. The van der Waals surface area contributed by atoms with Gasteiger partial charge in [0.15, 0.2) is 5.16 Å². The smallest absolute Gasteiger partial charge is 0.337 e. The van der Waals surface area contributed by atoms with Gasteiger partial charge >= 0.3 is 5.97 Å². The first-order valence-electron chi connectivity index (χ1n) is 8.94. The molecule has 0 saturated carbocycles. The minimum Gasteiger partial charge on any atom is -0.465 e. The lowest BCUT2D eigenvalue weighted by Gasteiger charge is -2.23. The molecule has 1 aliphatic rings. The average Bonchev–Trinajstić information content (AvgIpc) is 2.68. The summed E-state index contributed by atoms with van der Waals surface area (Å²) in [7, 11) is 1.33. The fraction of sp³-hybridized carbons (Fsp3) is 0.526. The molecule has 0 radical (unpaired) electrons. The van der Waals surface area contributed by atoms with Crippen molar-refractivity contribution >= 4 is 28.6 Å². The third-order valence-corrected chi connectivity index (χ3v) is 5.37. The molecule has 7 nitrogen and oxygen atoms in total. The van der Waals surface area contributed by atoms with Crippen molar-refractivity contribution in [2.24, 2.45) is 5.92 Å². The van der Waals surface area contributed by atoms with E-state index in [9.17, 15) is 9.59 Å². The number of carbonyl (C=O) groups excluding carboxylic acids is 1.